The van der Waals surface area contributed by atoms with Crippen molar-refractivity contribution in [1.29, 1.82) is 0 Å². The fraction of sp³-hybridized carbons (Fsp3) is 0.545. The van der Waals surface area contributed by atoms with E-state index >= 15 is 0 Å². The number of hydrogen-bond acceptors (Lipinski definition) is 4. The van der Waals surface area contributed by atoms with Gasteiger partial charge in [-0.1, -0.05) is 13.8 Å². The molecule has 0 bridgehead atoms. The van der Waals surface area contributed by atoms with Crippen LogP contribution in [0.4, 0.5) is 5.95 Å². The van der Waals surface area contributed by atoms with E-state index in [9.17, 15) is 4.79 Å². The Morgan fingerprint density at radius 2 is 1.94 bits per heavy atom. The minimum absolute atomic E-state index is 0.105. The van der Waals surface area contributed by atoms with E-state index in [2.05, 4.69) is 15.3 Å². The highest BCUT2D eigenvalue weighted by molar-refractivity contribution is 5.94. The van der Waals surface area contributed by atoms with E-state index in [0.29, 0.717) is 25.3 Å². The van der Waals surface area contributed by atoms with E-state index in [0.717, 1.165) is 0 Å². The number of anilines is 1. The minimum Gasteiger partial charge on any atom is -0.329 e. The summed E-state index contributed by atoms with van der Waals surface area (Å²) in [6, 6.07) is 1.70. The van der Waals surface area contributed by atoms with E-state index in [-0.39, 0.29) is 5.91 Å². The number of amides is 1. The van der Waals surface area contributed by atoms with Gasteiger partial charge in [-0.2, -0.15) is 0 Å². The standard InChI is InChI=1S/C11H18N4O/c1-3-11(4-2,8-12)9(16)15-10-13-6-5-7-14-10/h5-7H,3-4,8,12H2,1-2H3,(H,13,14,15,16). The van der Waals surface area contributed by atoms with Crippen molar-refractivity contribution in [3.05, 3.63) is 18.5 Å². The molecule has 0 aliphatic heterocycles. The van der Waals surface area contributed by atoms with Crippen LogP contribution in [0.3, 0.4) is 0 Å². The molecule has 0 saturated heterocycles. The fourth-order valence-corrected chi connectivity index (χ4v) is 1.55. The fourth-order valence-electron chi connectivity index (χ4n) is 1.55. The Labute approximate surface area is 95.5 Å². The molecule has 1 amide bonds. The second kappa shape index (κ2) is 5.55. The first-order valence-electron chi connectivity index (χ1n) is 5.47. The van der Waals surface area contributed by atoms with Crippen LogP contribution in [0.1, 0.15) is 26.7 Å². The molecule has 1 rings (SSSR count). The number of carbonyl (C=O) groups excluding carboxylic acids is 1. The van der Waals surface area contributed by atoms with Gasteiger partial charge in [-0.3, -0.25) is 10.1 Å². The highest BCUT2D eigenvalue weighted by atomic mass is 16.2. The molecule has 0 aliphatic carbocycles. The predicted octanol–water partition coefficient (Wildman–Crippen LogP) is 1.18. The maximum atomic E-state index is 12.1. The van der Waals surface area contributed by atoms with Crippen LogP contribution < -0.4 is 11.1 Å². The molecule has 0 atom stereocenters. The molecule has 0 fully saturated rings. The van der Waals surface area contributed by atoms with Crippen LogP contribution in [-0.4, -0.2) is 22.4 Å². The first-order valence-corrected chi connectivity index (χ1v) is 5.47. The summed E-state index contributed by atoms with van der Waals surface area (Å²) >= 11 is 0. The molecular formula is C11H18N4O. The van der Waals surface area contributed by atoms with Crippen molar-refractivity contribution in [3.8, 4) is 0 Å². The van der Waals surface area contributed by atoms with Crippen molar-refractivity contribution < 1.29 is 4.79 Å². The third kappa shape index (κ3) is 2.55. The largest absolute Gasteiger partial charge is 0.329 e. The Kier molecular flexibility index (Phi) is 4.37. The van der Waals surface area contributed by atoms with Gasteiger partial charge in [0, 0.05) is 18.9 Å². The van der Waals surface area contributed by atoms with E-state index in [1.807, 2.05) is 13.8 Å². The van der Waals surface area contributed by atoms with Gasteiger partial charge < -0.3 is 5.73 Å². The lowest BCUT2D eigenvalue weighted by molar-refractivity contribution is -0.125. The number of nitrogens with zero attached hydrogens (tertiary/aromatic N) is 2. The molecular weight excluding hydrogens is 204 g/mol. The summed E-state index contributed by atoms with van der Waals surface area (Å²) in [4.78, 5) is 20.0. The predicted molar refractivity (Wildman–Crippen MR) is 62.7 cm³/mol. The number of rotatable bonds is 5. The highest BCUT2D eigenvalue weighted by Gasteiger charge is 2.33. The van der Waals surface area contributed by atoms with Gasteiger partial charge >= 0.3 is 0 Å². The zero-order valence-electron chi connectivity index (χ0n) is 9.73. The minimum atomic E-state index is -0.515. The number of nitrogens with two attached hydrogens (primary N) is 1. The van der Waals surface area contributed by atoms with Gasteiger partial charge in [0.05, 0.1) is 5.41 Å². The smallest absolute Gasteiger partial charge is 0.234 e. The second-order valence-corrected chi connectivity index (χ2v) is 3.72. The zero-order valence-corrected chi connectivity index (χ0v) is 9.73. The maximum absolute atomic E-state index is 12.1. The van der Waals surface area contributed by atoms with Gasteiger partial charge in [0.15, 0.2) is 0 Å². The molecule has 5 nitrogen and oxygen atoms in total. The van der Waals surface area contributed by atoms with E-state index in [1.165, 1.54) is 0 Å². The molecule has 0 aliphatic rings. The van der Waals surface area contributed by atoms with Crippen LogP contribution in [0.15, 0.2) is 18.5 Å². The first-order chi connectivity index (χ1) is 7.68. The van der Waals surface area contributed by atoms with Crippen LogP contribution in [-0.2, 0) is 4.79 Å². The Bertz CT molecular complexity index is 327. The third-order valence-electron chi connectivity index (χ3n) is 3.02. The van der Waals surface area contributed by atoms with E-state index < -0.39 is 5.41 Å². The summed E-state index contributed by atoms with van der Waals surface area (Å²) in [5.74, 6) is 0.221. The van der Waals surface area contributed by atoms with Crippen molar-refractivity contribution in [1.82, 2.24) is 9.97 Å². The second-order valence-electron chi connectivity index (χ2n) is 3.72. The molecule has 88 valence electrons. The van der Waals surface area contributed by atoms with Crippen LogP contribution in [0.2, 0.25) is 0 Å². The lowest BCUT2D eigenvalue weighted by Crippen LogP contribution is -2.41. The third-order valence-corrected chi connectivity index (χ3v) is 3.02. The summed E-state index contributed by atoms with van der Waals surface area (Å²) in [5.41, 5.74) is 5.17. The van der Waals surface area contributed by atoms with E-state index in [4.69, 9.17) is 5.73 Å². The van der Waals surface area contributed by atoms with Crippen LogP contribution >= 0.6 is 0 Å². The SMILES string of the molecule is CCC(CC)(CN)C(=O)Nc1ncccn1. The van der Waals surface area contributed by atoms with Gasteiger partial charge in [0.25, 0.3) is 0 Å². The Balaban J connectivity index is 2.78. The van der Waals surface area contributed by atoms with Crippen LogP contribution in [0.25, 0.3) is 0 Å². The molecule has 0 aromatic carbocycles. The summed E-state index contributed by atoms with van der Waals surface area (Å²) in [6.45, 7) is 4.25. The van der Waals surface area contributed by atoms with Crippen LogP contribution in [0, 0.1) is 5.41 Å². The molecule has 1 heterocycles. The number of carbonyl (C=O) groups is 1. The molecule has 0 spiro atoms. The Hall–Kier alpha value is -1.49. The molecule has 1 aromatic rings. The maximum Gasteiger partial charge on any atom is 0.234 e. The van der Waals surface area contributed by atoms with Gasteiger partial charge in [-0.05, 0) is 18.9 Å². The van der Waals surface area contributed by atoms with Gasteiger partial charge in [-0.25, -0.2) is 9.97 Å². The highest BCUT2D eigenvalue weighted by Crippen LogP contribution is 2.26. The summed E-state index contributed by atoms with van der Waals surface area (Å²) in [6.07, 6.45) is 4.59. The lowest BCUT2D eigenvalue weighted by atomic mass is 9.81. The molecule has 1 aromatic heterocycles. The lowest BCUT2D eigenvalue weighted by Gasteiger charge is -2.27. The van der Waals surface area contributed by atoms with Gasteiger partial charge in [0.2, 0.25) is 11.9 Å². The normalized spacial score (nSPS) is 11.2. The molecule has 5 heteroatoms. The molecule has 3 N–H and O–H groups in total. The van der Waals surface area contributed by atoms with Crippen molar-refractivity contribution in [3.63, 3.8) is 0 Å². The summed E-state index contributed by atoms with van der Waals surface area (Å²) in [7, 11) is 0. The summed E-state index contributed by atoms with van der Waals surface area (Å²) in [5, 5.41) is 2.69. The average molecular weight is 222 g/mol. The Morgan fingerprint density at radius 1 is 1.38 bits per heavy atom. The number of hydrogen-bond donors (Lipinski definition) is 2. The zero-order chi connectivity index (χ0) is 12.0. The number of aromatic nitrogens is 2. The monoisotopic (exact) mass is 222 g/mol. The van der Waals surface area contributed by atoms with Crippen molar-refractivity contribution in [2.24, 2.45) is 11.1 Å². The van der Waals surface area contributed by atoms with Crippen LogP contribution in [0.5, 0.6) is 0 Å². The van der Waals surface area contributed by atoms with E-state index in [1.54, 1.807) is 18.5 Å². The van der Waals surface area contributed by atoms with Gasteiger partial charge in [-0.15, -0.1) is 0 Å². The topological polar surface area (TPSA) is 80.9 Å². The summed E-state index contributed by atoms with van der Waals surface area (Å²) < 4.78 is 0. The van der Waals surface area contributed by atoms with Gasteiger partial charge in [0.1, 0.15) is 0 Å². The van der Waals surface area contributed by atoms with Crippen molar-refractivity contribution in [2.45, 2.75) is 26.7 Å². The van der Waals surface area contributed by atoms with Crippen molar-refractivity contribution >= 4 is 11.9 Å². The number of nitrogens with one attached hydrogen (secondary N) is 1. The quantitative estimate of drug-likeness (QED) is 0.783. The molecule has 0 radical (unpaired) electrons. The molecule has 16 heavy (non-hydrogen) atoms. The molecule has 0 saturated carbocycles. The average Bonchev–Trinajstić information content (AvgIpc) is 2.33. The molecule has 0 unspecified atom stereocenters. The first kappa shape index (κ1) is 12.6. The Morgan fingerprint density at radius 3 is 2.38 bits per heavy atom. The van der Waals surface area contributed by atoms with Crippen molar-refractivity contribution in [2.75, 3.05) is 11.9 Å².